The normalized spacial score (nSPS) is 17.8. The first kappa shape index (κ1) is 25.1. The molecule has 2 rings (SSSR count). The van der Waals surface area contributed by atoms with Gasteiger partial charge in [0.2, 0.25) is 0 Å². The summed E-state index contributed by atoms with van der Waals surface area (Å²) in [5.41, 5.74) is 4.39. The van der Waals surface area contributed by atoms with E-state index in [9.17, 15) is 0 Å². The van der Waals surface area contributed by atoms with Crippen molar-refractivity contribution in [1.29, 1.82) is 0 Å². The third kappa shape index (κ3) is 8.58. The maximum Gasteiger partial charge on any atom is -0.112 e. The second kappa shape index (κ2) is 9.22. The van der Waals surface area contributed by atoms with Crippen molar-refractivity contribution < 1.29 is 33.5 Å². The summed E-state index contributed by atoms with van der Waals surface area (Å²) in [7, 11) is -0.777. The molecule has 0 unspecified atom stereocenters. The van der Waals surface area contributed by atoms with Gasteiger partial charge in [0.05, 0.1) is 0 Å². The fourth-order valence-corrected chi connectivity index (χ4v) is 4.92. The molecule has 5 nitrogen and oxygen atoms in total. The topological polar surface area (TPSA) is 95.2 Å². The Hall–Kier alpha value is -0.981. The minimum atomic E-state index is -4.94. The molecule has 0 aromatic carbocycles. The predicted molar refractivity (Wildman–Crippen MR) is 103 cm³/mol. The van der Waals surface area contributed by atoms with Gasteiger partial charge < -0.3 is 0 Å². The number of nitrogens with zero attached hydrogens (tertiary/aromatic N) is 1. The van der Waals surface area contributed by atoms with Crippen molar-refractivity contribution in [2.24, 2.45) is 10.8 Å². The minimum Gasteiger partial charge on any atom is -0.222 e. The van der Waals surface area contributed by atoms with Gasteiger partial charge in [0, 0.05) is 0 Å². The molecule has 28 heavy (non-hydrogen) atoms. The van der Waals surface area contributed by atoms with Crippen molar-refractivity contribution in [3.8, 4) is 0 Å². The molecule has 1 aliphatic heterocycles. The van der Waals surface area contributed by atoms with Crippen molar-refractivity contribution >= 4 is 20.7 Å². The third-order valence-corrected chi connectivity index (χ3v) is 7.98. The summed E-state index contributed by atoms with van der Waals surface area (Å²) in [5.74, 6) is 0. The van der Waals surface area contributed by atoms with Gasteiger partial charge in [-0.05, 0) is 0 Å². The first-order chi connectivity index (χ1) is 12.5. The van der Waals surface area contributed by atoms with Crippen LogP contribution in [0.2, 0.25) is 0 Å². The molecule has 2 aliphatic rings. The molecular weight excluding hydrogens is 445 g/mol. The van der Waals surface area contributed by atoms with Crippen LogP contribution >= 0.6 is 0 Å². The summed E-state index contributed by atoms with van der Waals surface area (Å²) in [5, 5.41) is 0. The van der Waals surface area contributed by atoms with E-state index in [1.165, 1.54) is 16.9 Å². The van der Waals surface area contributed by atoms with Crippen molar-refractivity contribution in [3.63, 3.8) is 0 Å². The summed E-state index contributed by atoms with van der Waals surface area (Å²) < 4.78 is 39.3. The van der Waals surface area contributed by atoms with Gasteiger partial charge in [-0.2, -0.15) is 0 Å². The molecular formula is C21H30ClNO4Se. The van der Waals surface area contributed by atoms with E-state index in [1.807, 2.05) is 0 Å². The zero-order chi connectivity index (χ0) is 21.9. The fraction of sp³-hybridized carbons (Fsp3) is 0.476. The van der Waals surface area contributed by atoms with Crippen molar-refractivity contribution in [2.45, 2.75) is 41.5 Å². The van der Waals surface area contributed by atoms with Crippen LogP contribution in [-0.2, 0) is 0 Å². The van der Waals surface area contributed by atoms with Crippen LogP contribution < -0.4 is 18.6 Å². The van der Waals surface area contributed by atoms with Crippen LogP contribution in [-0.4, -0.2) is 39.3 Å². The Bertz CT molecular complexity index is 723. The Morgan fingerprint density at radius 3 is 1.36 bits per heavy atom. The van der Waals surface area contributed by atoms with Crippen LogP contribution in [0.3, 0.4) is 0 Å². The van der Waals surface area contributed by atoms with E-state index in [0.29, 0.717) is 15.0 Å². The van der Waals surface area contributed by atoms with Crippen molar-refractivity contribution in [2.75, 3.05) is 14.1 Å². The molecule has 0 amide bonds. The first-order valence-electron chi connectivity index (χ1n) is 8.87. The average molecular weight is 475 g/mol. The van der Waals surface area contributed by atoms with E-state index in [2.05, 4.69) is 96.7 Å². The largest absolute Gasteiger partial charge is 0.222 e. The van der Waals surface area contributed by atoms with E-state index in [-0.39, 0.29) is 10.8 Å². The molecule has 156 valence electrons. The maximum atomic E-state index is 8.49. The van der Waals surface area contributed by atoms with Crippen molar-refractivity contribution in [1.82, 2.24) is 0 Å². The molecule has 0 aromatic rings. The Morgan fingerprint density at radius 2 is 1.07 bits per heavy atom. The first-order valence-corrected chi connectivity index (χ1v) is 11.8. The Kier molecular flexibility index (Phi) is 8.25. The van der Waals surface area contributed by atoms with Crippen LogP contribution in [0, 0.1) is 21.1 Å². The maximum absolute atomic E-state index is 8.49. The fourth-order valence-electron chi connectivity index (χ4n) is 2.36. The molecule has 7 heteroatoms. The molecule has 1 aliphatic carbocycles. The van der Waals surface area contributed by atoms with Crippen LogP contribution in [0.15, 0.2) is 56.5 Å². The molecule has 0 fully saturated rings. The quantitative estimate of drug-likeness (QED) is 0.363. The molecule has 0 aromatic heterocycles. The third-order valence-electron chi connectivity index (χ3n) is 3.99. The van der Waals surface area contributed by atoms with Crippen LogP contribution in [0.25, 0.3) is 0 Å². The molecule has 0 bridgehead atoms. The zero-order valence-electron chi connectivity index (χ0n) is 17.8. The second-order valence-electron chi connectivity index (χ2n) is 8.89. The van der Waals surface area contributed by atoms with E-state index in [4.69, 9.17) is 18.6 Å². The summed E-state index contributed by atoms with van der Waals surface area (Å²) >= 11 is 0.448. The van der Waals surface area contributed by atoms with Crippen LogP contribution in [0.4, 0.5) is 0 Å². The summed E-state index contributed by atoms with van der Waals surface area (Å²) in [6.07, 6.45) is 13.8. The number of hydrogen-bond donors (Lipinski definition) is 0. The van der Waals surface area contributed by atoms with Gasteiger partial charge in [-0.15, -0.1) is 10.2 Å². The number of rotatable bonds is 0. The van der Waals surface area contributed by atoms with Gasteiger partial charge in [-0.25, -0.2) is 18.6 Å². The Balaban J connectivity index is 0.000000696. The standard InChI is InChI=1S/C21H30NSe.ClHO4/c1-20(2,3)18-13-16(14-19(23-18)21(4,5)6)15-9-11-17(12-10-15)22(7)8;2-1(3,4)5/h9-14H,1-8H3;(H,2,3,4,5)/q+1;/p-1. The monoisotopic (exact) mass is 475 g/mol. The summed E-state index contributed by atoms with van der Waals surface area (Å²) in [6, 6.07) is 0. The van der Waals surface area contributed by atoms with Gasteiger partial charge in [0.15, 0.2) is 0 Å². The molecule has 0 atom stereocenters. The Labute approximate surface area is 177 Å². The van der Waals surface area contributed by atoms with Gasteiger partial charge in [0.25, 0.3) is 0 Å². The van der Waals surface area contributed by atoms with E-state index in [0.717, 1.165) is 0 Å². The minimum absolute atomic E-state index is 0.236. The zero-order valence-corrected chi connectivity index (χ0v) is 20.3. The SMILES string of the molecule is C[N+](C)=C1C=CC(=C2C=C(C(C)(C)C)[Se]C(C(C)(C)C)=C2)C=C1.[O-][Cl+3]([O-])([O-])[O-]. The number of allylic oxidation sites excluding steroid dienone is 10. The predicted octanol–water partition coefficient (Wildman–Crippen LogP) is -0.0561. The number of halogens is 1. The van der Waals surface area contributed by atoms with Crippen LogP contribution in [0.1, 0.15) is 41.5 Å². The average Bonchev–Trinajstić information content (AvgIpc) is 2.51. The van der Waals surface area contributed by atoms with Crippen molar-refractivity contribution in [3.05, 3.63) is 56.5 Å². The summed E-state index contributed by atoms with van der Waals surface area (Å²) in [6.45, 7) is 14.0. The Morgan fingerprint density at radius 1 is 0.714 bits per heavy atom. The van der Waals surface area contributed by atoms with Gasteiger partial charge in [-0.1, -0.05) is 0 Å². The molecule has 0 radical (unpaired) electrons. The second-order valence-corrected chi connectivity index (χ2v) is 11.9. The smallest absolute Gasteiger partial charge is 0.112 e. The number of hydrogen-bond acceptors (Lipinski definition) is 4. The van der Waals surface area contributed by atoms with Gasteiger partial charge in [-0.3, -0.25) is 0 Å². The molecule has 0 N–H and O–H groups in total. The van der Waals surface area contributed by atoms with Crippen LogP contribution in [0.5, 0.6) is 0 Å². The molecule has 0 saturated heterocycles. The summed E-state index contributed by atoms with van der Waals surface area (Å²) in [4.78, 5) is 0. The van der Waals surface area contributed by atoms with E-state index in [1.54, 1.807) is 8.94 Å². The molecule has 1 heterocycles. The van der Waals surface area contributed by atoms with Gasteiger partial charge >= 0.3 is 148 Å². The van der Waals surface area contributed by atoms with E-state index >= 15 is 0 Å². The van der Waals surface area contributed by atoms with Gasteiger partial charge in [0.1, 0.15) is 0 Å². The molecule has 0 spiro atoms. The van der Waals surface area contributed by atoms with E-state index < -0.39 is 10.2 Å². The molecule has 0 saturated carbocycles.